The van der Waals surface area contributed by atoms with Gasteiger partial charge < -0.3 is 15.2 Å². The summed E-state index contributed by atoms with van der Waals surface area (Å²) in [6.45, 7) is 3.08. The van der Waals surface area contributed by atoms with Gasteiger partial charge in [0.05, 0.1) is 20.3 Å². The van der Waals surface area contributed by atoms with Crippen molar-refractivity contribution in [2.75, 3.05) is 40.0 Å². The van der Waals surface area contributed by atoms with Gasteiger partial charge in [-0.1, -0.05) is 0 Å². The van der Waals surface area contributed by atoms with Gasteiger partial charge in [0.1, 0.15) is 6.04 Å². The second kappa shape index (κ2) is 5.16. The van der Waals surface area contributed by atoms with Crippen molar-refractivity contribution in [3.8, 4) is 0 Å². The molecule has 0 aromatic carbocycles. The van der Waals surface area contributed by atoms with Crippen molar-refractivity contribution in [2.45, 2.75) is 6.04 Å². The van der Waals surface area contributed by atoms with Crippen LogP contribution in [0.1, 0.15) is 0 Å². The highest BCUT2D eigenvalue weighted by molar-refractivity contribution is 5.75. The van der Waals surface area contributed by atoms with Gasteiger partial charge in [-0.05, 0) is 0 Å². The molecule has 1 saturated heterocycles. The maximum absolute atomic E-state index is 11.3. The molecule has 0 saturated carbocycles. The molecule has 13 heavy (non-hydrogen) atoms. The number of nitrogens with two attached hydrogens (primary N) is 1. The number of hydrogen-bond acceptors (Lipinski definition) is 5. The SMILES string of the molecule is COC(=O)C1COCCN1CCN. The number of carbonyl (C=O) groups is 1. The van der Waals surface area contributed by atoms with E-state index < -0.39 is 0 Å². The van der Waals surface area contributed by atoms with Gasteiger partial charge in [0.2, 0.25) is 0 Å². The first-order chi connectivity index (χ1) is 6.29. The number of morpholine rings is 1. The van der Waals surface area contributed by atoms with Gasteiger partial charge in [-0.3, -0.25) is 9.69 Å². The van der Waals surface area contributed by atoms with Crippen LogP contribution in [0.25, 0.3) is 0 Å². The lowest BCUT2D eigenvalue weighted by Crippen LogP contribution is -2.51. The fraction of sp³-hybridized carbons (Fsp3) is 0.875. The van der Waals surface area contributed by atoms with Gasteiger partial charge in [-0.2, -0.15) is 0 Å². The zero-order valence-corrected chi connectivity index (χ0v) is 7.86. The predicted octanol–water partition coefficient (Wildman–Crippen LogP) is -1.18. The minimum Gasteiger partial charge on any atom is -0.468 e. The molecule has 0 aliphatic carbocycles. The largest absolute Gasteiger partial charge is 0.468 e. The first kappa shape index (κ1) is 10.4. The molecule has 1 heterocycles. The van der Waals surface area contributed by atoms with Gasteiger partial charge >= 0.3 is 5.97 Å². The van der Waals surface area contributed by atoms with E-state index in [1.54, 1.807) is 0 Å². The lowest BCUT2D eigenvalue weighted by molar-refractivity contribution is -0.153. The van der Waals surface area contributed by atoms with Gasteiger partial charge in [-0.25, -0.2) is 0 Å². The van der Waals surface area contributed by atoms with Crippen LogP contribution >= 0.6 is 0 Å². The summed E-state index contributed by atoms with van der Waals surface area (Å²) >= 11 is 0. The molecule has 0 aromatic heterocycles. The van der Waals surface area contributed by atoms with Crippen LogP contribution in [0.15, 0.2) is 0 Å². The Kier molecular flexibility index (Phi) is 4.14. The summed E-state index contributed by atoms with van der Waals surface area (Å²) in [6, 6.07) is -0.276. The van der Waals surface area contributed by atoms with Gasteiger partial charge in [-0.15, -0.1) is 0 Å². The molecule has 0 spiro atoms. The third kappa shape index (κ3) is 2.65. The summed E-state index contributed by atoms with van der Waals surface area (Å²) in [4.78, 5) is 13.3. The Labute approximate surface area is 77.8 Å². The minimum absolute atomic E-state index is 0.242. The van der Waals surface area contributed by atoms with E-state index >= 15 is 0 Å². The van der Waals surface area contributed by atoms with E-state index in [2.05, 4.69) is 4.74 Å². The summed E-state index contributed by atoms with van der Waals surface area (Å²) in [5.74, 6) is -0.242. The second-order valence-electron chi connectivity index (χ2n) is 2.94. The van der Waals surface area contributed by atoms with Crippen LogP contribution in [0.3, 0.4) is 0 Å². The van der Waals surface area contributed by atoms with Crippen molar-refractivity contribution in [1.29, 1.82) is 0 Å². The maximum atomic E-state index is 11.3. The monoisotopic (exact) mass is 188 g/mol. The summed E-state index contributed by atoms with van der Waals surface area (Å²) in [5, 5.41) is 0. The standard InChI is InChI=1S/C8H16N2O3/c1-12-8(11)7-6-13-5-4-10(7)3-2-9/h7H,2-6,9H2,1H3. The fourth-order valence-electron chi connectivity index (χ4n) is 1.42. The first-order valence-electron chi connectivity index (χ1n) is 4.39. The predicted molar refractivity (Wildman–Crippen MR) is 47.3 cm³/mol. The molecule has 1 atom stereocenters. The number of hydrogen-bond donors (Lipinski definition) is 1. The average Bonchev–Trinajstić information content (AvgIpc) is 2.18. The molecular weight excluding hydrogens is 172 g/mol. The van der Waals surface area contributed by atoms with Crippen molar-refractivity contribution in [1.82, 2.24) is 4.90 Å². The van der Waals surface area contributed by atoms with Crippen LogP contribution in [-0.4, -0.2) is 56.9 Å². The number of nitrogens with zero attached hydrogens (tertiary/aromatic N) is 1. The number of ether oxygens (including phenoxy) is 2. The molecule has 5 heteroatoms. The van der Waals surface area contributed by atoms with Crippen LogP contribution < -0.4 is 5.73 Å². The Morgan fingerprint density at radius 1 is 1.77 bits per heavy atom. The topological polar surface area (TPSA) is 64.8 Å². The van der Waals surface area contributed by atoms with Crippen LogP contribution in [0, 0.1) is 0 Å². The Hall–Kier alpha value is -0.650. The first-order valence-corrected chi connectivity index (χ1v) is 4.39. The zero-order chi connectivity index (χ0) is 9.68. The smallest absolute Gasteiger partial charge is 0.325 e. The molecule has 0 radical (unpaired) electrons. The fourth-order valence-corrected chi connectivity index (χ4v) is 1.42. The molecule has 1 rings (SSSR count). The lowest BCUT2D eigenvalue weighted by Gasteiger charge is -2.33. The molecule has 1 fully saturated rings. The second-order valence-corrected chi connectivity index (χ2v) is 2.94. The van der Waals surface area contributed by atoms with Crippen LogP contribution in [-0.2, 0) is 14.3 Å². The third-order valence-corrected chi connectivity index (χ3v) is 2.13. The molecule has 1 unspecified atom stereocenters. The highest BCUT2D eigenvalue weighted by Gasteiger charge is 2.29. The lowest BCUT2D eigenvalue weighted by atomic mass is 10.2. The normalized spacial score (nSPS) is 24.3. The van der Waals surface area contributed by atoms with E-state index in [0.29, 0.717) is 26.3 Å². The molecule has 5 nitrogen and oxygen atoms in total. The van der Waals surface area contributed by atoms with E-state index in [4.69, 9.17) is 10.5 Å². The van der Waals surface area contributed by atoms with Crippen molar-refractivity contribution >= 4 is 5.97 Å². The summed E-state index contributed by atoms with van der Waals surface area (Å²) in [6.07, 6.45) is 0. The van der Waals surface area contributed by atoms with E-state index in [-0.39, 0.29) is 12.0 Å². The number of methoxy groups -OCH3 is 1. The molecule has 1 aliphatic heterocycles. The van der Waals surface area contributed by atoms with Gasteiger partial charge in [0.25, 0.3) is 0 Å². The number of carbonyl (C=O) groups excluding carboxylic acids is 1. The van der Waals surface area contributed by atoms with E-state index in [9.17, 15) is 4.79 Å². The van der Waals surface area contributed by atoms with Crippen LogP contribution in [0.4, 0.5) is 0 Å². The quantitative estimate of drug-likeness (QED) is 0.565. The Morgan fingerprint density at radius 3 is 3.15 bits per heavy atom. The Bertz CT molecular complexity index is 173. The number of esters is 1. The Morgan fingerprint density at radius 2 is 2.54 bits per heavy atom. The average molecular weight is 188 g/mol. The molecule has 0 amide bonds. The van der Waals surface area contributed by atoms with E-state index in [1.165, 1.54) is 7.11 Å². The molecule has 1 aliphatic rings. The van der Waals surface area contributed by atoms with Crippen molar-refractivity contribution in [3.05, 3.63) is 0 Å². The van der Waals surface area contributed by atoms with E-state index in [1.807, 2.05) is 4.90 Å². The molecule has 2 N–H and O–H groups in total. The molecule has 0 aromatic rings. The summed E-state index contributed by atoms with van der Waals surface area (Å²) < 4.78 is 9.86. The maximum Gasteiger partial charge on any atom is 0.325 e. The van der Waals surface area contributed by atoms with E-state index in [0.717, 1.165) is 6.54 Å². The highest BCUT2D eigenvalue weighted by Crippen LogP contribution is 2.07. The Balaban J connectivity index is 2.50. The van der Waals surface area contributed by atoms with Gasteiger partial charge in [0.15, 0.2) is 0 Å². The van der Waals surface area contributed by atoms with Crippen LogP contribution in [0.5, 0.6) is 0 Å². The zero-order valence-electron chi connectivity index (χ0n) is 7.86. The molecule has 0 bridgehead atoms. The van der Waals surface area contributed by atoms with Crippen LogP contribution in [0.2, 0.25) is 0 Å². The van der Waals surface area contributed by atoms with Gasteiger partial charge in [0, 0.05) is 19.6 Å². The highest BCUT2D eigenvalue weighted by atomic mass is 16.5. The number of rotatable bonds is 3. The minimum atomic E-state index is -0.276. The van der Waals surface area contributed by atoms with Crippen molar-refractivity contribution in [3.63, 3.8) is 0 Å². The third-order valence-electron chi connectivity index (χ3n) is 2.13. The molecule has 76 valence electrons. The van der Waals surface area contributed by atoms with Crippen molar-refractivity contribution in [2.24, 2.45) is 5.73 Å². The molecular formula is C8H16N2O3. The van der Waals surface area contributed by atoms with Crippen molar-refractivity contribution < 1.29 is 14.3 Å². The summed E-state index contributed by atoms with van der Waals surface area (Å²) in [7, 11) is 1.39. The summed E-state index contributed by atoms with van der Waals surface area (Å²) in [5.41, 5.74) is 5.43.